The van der Waals surface area contributed by atoms with E-state index in [1.807, 2.05) is 6.92 Å². The maximum absolute atomic E-state index is 12.2. The maximum Gasteiger partial charge on any atom is 0.356 e. The van der Waals surface area contributed by atoms with E-state index < -0.39 is 17.8 Å². The van der Waals surface area contributed by atoms with Crippen molar-refractivity contribution in [3.63, 3.8) is 0 Å². The maximum atomic E-state index is 12.2. The monoisotopic (exact) mass is 376 g/mol. The number of aromatic carboxylic acids is 1. The number of methoxy groups -OCH3 is 2. The minimum atomic E-state index is -1.30. The van der Waals surface area contributed by atoms with E-state index in [4.69, 9.17) is 14.2 Å². The summed E-state index contributed by atoms with van der Waals surface area (Å²) >= 11 is 0. The lowest BCUT2D eigenvalue weighted by molar-refractivity contribution is -0.114. The molecule has 0 radical (unpaired) electrons. The first-order chi connectivity index (χ1) is 12.8. The Labute approximate surface area is 155 Å². The van der Waals surface area contributed by atoms with Crippen molar-refractivity contribution < 1.29 is 33.7 Å². The van der Waals surface area contributed by atoms with E-state index in [1.165, 1.54) is 27.2 Å². The van der Waals surface area contributed by atoms with E-state index in [0.29, 0.717) is 6.42 Å². The van der Waals surface area contributed by atoms with E-state index in [9.17, 15) is 19.5 Å². The molecule has 9 nitrogen and oxygen atoms in total. The molecule has 1 amide bonds. The number of benzene rings is 1. The second-order valence-corrected chi connectivity index (χ2v) is 5.56. The molecule has 1 heterocycles. The van der Waals surface area contributed by atoms with Crippen molar-refractivity contribution in [3.05, 3.63) is 23.4 Å². The Balaban J connectivity index is 2.88. The van der Waals surface area contributed by atoms with Gasteiger partial charge >= 0.3 is 11.9 Å². The molecule has 144 valence electrons. The number of hydrogen-bond donors (Lipinski definition) is 2. The molecule has 1 aromatic heterocycles. The summed E-state index contributed by atoms with van der Waals surface area (Å²) in [5.41, 5.74) is -0.181. The summed E-state index contributed by atoms with van der Waals surface area (Å²) < 4.78 is 15.6. The zero-order chi connectivity index (χ0) is 20.1. The van der Waals surface area contributed by atoms with Gasteiger partial charge in [-0.3, -0.25) is 4.79 Å². The van der Waals surface area contributed by atoms with Crippen LogP contribution < -0.4 is 14.8 Å². The molecule has 1 aromatic carbocycles. The number of rotatable bonds is 7. The minimum absolute atomic E-state index is 0.0592. The van der Waals surface area contributed by atoms with Gasteiger partial charge in [0.2, 0.25) is 5.91 Å². The number of nitrogens with zero attached hydrogens (tertiary/aromatic N) is 1. The van der Waals surface area contributed by atoms with Crippen LogP contribution in [0.3, 0.4) is 0 Å². The standard InChI is InChI=1S/C18H20N2O7/c1-5-6-27-18(24)12-7-10(17(22)23)14-11(19-9(2)21)8-13(25-3)16(26-4)15(14)20-12/h7-8H,5-6H2,1-4H3,(H,19,21)(H,22,23). The predicted molar refractivity (Wildman–Crippen MR) is 96.7 cm³/mol. The van der Waals surface area contributed by atoms with Crippen LogP contribution in [0.5, 0.6) is 11.5 Å². The predicted octanol–water partition coefficient (Wildman–Crippen LogP) is 2.48. The van der Waals surface area contributed by atoms with Crippen molar-refractivity contribution in [1.82, 2.24) is 4.98 Å². The number of carbonyl (C=O) groups is 3. The van der Waals surface area contributed by atoms with Crippen LogP contribution in [0.1, 0.15) is 41.1 Å². The molecule has 0 spiro atoms. The molecule has 0 fully saturated rings. The minimum Gasteiger partial charge on any atom is -0.493 e. The molecular weight excluding hydrogens is 356 g/mol. The van der Waals surface area contributed by atoms with E-state index in [1.54, 1.807) is 0 Å². The number of nitrogens with one attached hydrogen (secondary N) is 1. The molecule has 9 heteroatoms. The van der Waals surface area contributed by atoms with E-state index in [-0.39, 0.29) is 46.0 Å². The number of esters is 1. The van der Waals surface area contributed by atoms with E-state index in [0.717, 1.165) is 6.07 Å². The zero-order valence-corrected chi connectivity index (χ0v) is 15.4. The molecule has 0 atom stereocenters. The Kier molecular flexibility index (Phi) is 6.17. The van der Waals surface area contributed by atoms with Gasteiger partial charge in [0.05, 0.1) is 32.1 Å². The van der Waals surface area contributed by atoms with E-state index in [2.05, 4.69) is 10.3 Å². The van der Waals surface area contributed by atoms with Crippen molar-refractivity contribution >= 4 is 34.4 Å². The summed E-state index contributed by atoms with van der Waals surface area (Å²) in [6.45, 7) is 3.29. The molecule has 0 saturated heterocycles. The molecule has 0 aliphatic heterocycles. The van der Waals surface area contributed by atoms with Crippen LogP contribution in [-0.2, 0) is 9.53 Å². The van der Waals surface area contributed by atoms with Crippen LogP contribution >= 0.6 is 0 Å². The van der Waals surface area contributed by atoms with Gasteiger partial charge in [-0.05, 0) is 12.5 Å². The molecule has 0 aliphatic rings. The fourth-order valence-corrected chi connectivity index (χ4v) is 2.55. The highest BCUT2D eigenvalue weighted by molar-refractivity contribution is 6.14. The summed E-state index contributed by atoms with van der Waals surface area (Å²) in [5, 5.41) is 12.3. The lowest BCUT2D eigenvalue weighted by atomic mass is 10.0. The Hall–Kier alpha value is -3.36. The van der Waals surface area contributed by atoms with Crippen LogP contribution in [0, 0.1) is 0 Å². The van der Waals surface area contributed by atoms with Crippen LogP contribution in [-0.4, -0.2) is 48.8 Å². The number of hydrogen-bond acceptors (Lipinski definition) is 7. The molecule has 0 saturated carbocycles. The van der Waals surface area contributed by atoms with Gasteiger partial charge in [0, 0.05) is 18.4 Å². The molecule has 2 aromatic rings. The van der Waals surface area contributed by atoms with Crippen LogP contribution in [0.2, 0.25) is 0 Å². The van der Waals surface area contributed by atoms with E-state index >= 15 is 0 Å². The normalized spacial score (nSPS) is 10.4. The van der Waals surface area contributed by atoms with Crippen molar-refractivity contribution in [3.8, 4) is 11.5 Å². The number of anilines is 1. The molecule has 0 unspecified atom stereocenters. The Bertz CT molecular complexity index is 908. The second kappa shape index (κ2) is 8.35. The number of carbonyl (C=O) groups excluding carboxylic acids is 2. The third kappa shape index (κ3) is 4.08. The number of ether oxygens (including phenoxy) is 3. The summed E-state index contributed by atoms with van der Waals surface area (Å²) in [7, 11) is 2.75. The molecule has 0 bridgehead atoms. The first-order valence-electron chi connectivity index (χ1n) is 8.11. The van der Waals surface area contributed by atoms with Gasteiger partial charge in [-0.15, -0.1) is 0 Å². The fraction of sp³-hybridized carbons (Fsp3) is 0.333. The topological polar surface area (TPSA) is 124 Å². The molecule has 2 N–H and O–H groups in total. The van der Waals surface area contributed by atoms with Gasteiger partial charge in [-0.1, -0.05) is 6.92 Å². The molecule has 27 heavy (non-hydrogen) atoms. The number of amides is 1. The Morgan fingerprint density at radius 1 is 1.19 bits per heavy atom. The molecular formula is C18H20N2O7. The number of carboxylic acid groups (broad SMARTS) is 1. The SMILES string of the molecule is CCCOC(=O)c1cc(C(=O)O)c2c(NC(C)=O)cc(OC)c(OC)c2n1. The van der Waals surface area contributed by atoms with Gasteiger partial charge in [0.1, 0.15) is 11.2 Å². The number of carboxylic acids is 1. The quantitative estimate of drug-likeness (QED) is 0.706. The highest BCUT2D eigenvalue weighted by atomic mass is 16.5. The van der Waals surface area contributed by atoms with Crippen molar-refractivity contribution in [1.29, 1.82) is 0 Å². The average Bonchev–Trinajstić information content (AvgIpc) is 2.63. The van der Waals surface area contributed by atoms with Crippen molar-refractivity contribution in [2.75, 3.05) is 26.1 Å². The second-order valence-electron chi connectivity index (χ2n) is 5.56. The van der Waals surface area contributed by atoms with Crippen LogP contribution in [0.25, 0.3) is 10.9 Å². The average molecular weight is 376 g/mol. The molecule has 2 rings (SSSR count). The first-order valence-corrected chi connectivity index (χ1v) is 8.11. The zero-order valence-electron chi connectivity index (χ0n) is 15.4. The summed E-state index contributed by atoms with van der Waals surface area (Å²) in [6.07, 6.45) is 0.606. The fourth-order valence-electron chi connectivity index (χ4n) is 2.55. The van der Waals surface area contributed by atoms with Gasteiger partial charge < -0.3 is 24.6 Å². The Morgan fingerprint density at radius 3 is 2.41 bits per heavy atom. The van der Waals surface area contributed by atoms with Gasteiger partial charge in [0.15, 0.2) is 11.5 Å². The van der Waals surface area contributed by atoms with Crippen molar-refractivity contribution in [2.45, 2.75) is 20.3 Å². The largest absolute Gasteiger partial charge is 0.493 e. The Morgan fingerprint density at radius 2 is 1.89 bits per heavy atom. The number of aromatic nitrogens is 1. The van der Waals surface area contributed by atoms with Crippen molar-refractivity contribution in [2.24, 2.45) is 0 Å². The number of fused-ring (bicyclic) bond motifs is 1. The summed E-state index contributed by atoms with van der Waals surface area (Å²) in [6, 6.07) is 2.55. The summed E-state index contributed by atoms with van der Waals surface area (Å²) in [5.74, 6) is -2.12. The third-order valence-corrected chi connectivity index (χ3v) is 3.61. The lowest BCUT2D eigenvalue weighted by Gasteiger charge is -2.16. The third-order valence-electron chi connectivity index (χ3n) is 3.61. The highest BCUT2D eigenvalue weighted by Gasteiger charge is 2.24. The van der Waals surface area contributed by atoms with Crippen LogP contribution in [0.4, 0.5) is 5.69 Å². The summed E-state index contributed by atoms with van der Waals surface area (Å²) in [4.78, 5) is 39.8. The smallest absolute Gasteiger partial charge is 0.356 e. The lowest BCUT2D eigenvalue weighted by Crippen LogP contribution is -2.13. The van der Waals surface area contributed by atoms with Crippen LogP contribution in [0.15, 0.2) is 12.1 Å². The number of pyridine rings is 1. The highest BCUT2D eigenvalue weighted by Crippen LogP contribution is 2.41. The van der Waals surface area contributed by atoms with Gasteiger partial charge in [0.25, 0.3) is 0 Å². The first kappa shape index (κ1) is 20.0. The van der Waals surface area contributed by atoms with Gasteiger partial charge in [-0.2, -0.15) is 0 Å². The molecule has 0 aliphatic carbocycles. The van der Waals surface area contributed by atoms with Gasteiger partial charge in [-0.25, -0.2) is 14.6 Å².